The van der Waals surface area contributed by atoms with Crippen LogP contribution < -0.4 is 11.3 Å². The number of hydrogen-bond donors (Lipinski definition) is 1. The van der Waals surface area contributed by atoms with E-state index in [0.717, 1.165) is 4.68 Å². The minimum Gasteiger partial charge on any atom is -0.368 e. The molecule has 0 aliphatic carbocycles. The second kappa shape index (κ2) is 5.87. The number of hydrogen-bond acceptors (Lipinski definition) is 3. The summed E-state index contributed by atoms with van der Waals surface area (Å²) in [6.07, 6.45) is 0. The van der Waals surface area contributed by atoms with E-state index >= 15 is 0 Å². The first kappa shape index (κ1) is 14.9. The fraction of sp³-hybridized carbons (Fsp3) is 0.267. The molecule has 0 fully saturated rings. The summed E-state index contributed by atoms with van der Waals surface area (Å²) in [5, 5.41) is 4.20. The van der Waals surface area contributed by atoms with E-state index in [1.54, 1.807) is 12.1 Å². The van der Waals surface area contributed by atoms with Gasteiger partial charge in [0.2, 0.25) is 5.91 Å². The highest BCUT2D eigenvalue weighted by molar-refractivity contribution is 5.73. The molecule has 2 N–H and O–H groups in total. The second-order valence-electron chi connectivity index (χ2n) is 5.07. The van der Waals surface area contributed by atoms with E-state index < -0.39 is 11.5 Å². The average Bonchev–Trinajstić information content (AvgIpc) is 2.40. The lowest BCUT2D eigenvalue weighted by Crippen LogP contribution is -2.30. The van der Waals surface area contributed by atoms with Crippen LogP contribution in [0.15, 0.2) is 35.1 Å². The molecule has 21 heavy (non-hydrogen) atoms. The number of amides is 1. The minimum absolute atomic E-state index is 0.00277. The van der Waals surface area contributed by atoms with Crippen LogP contribution in [0.3, 0.4) is 0 Å². The molecule has 110 valence electrons. The summed E-state index contributed by atoms with van der Waals surface area (Å²) in [5.74, 6) is -1.02. The first-order valence-electron chi connectivity index (χ1n) is 6.54. The van der Waals surface area contributed by atoms with Gasteiger partial charge >= 0.3 is 0 Å². The lowest BCUT2D eigenvalue weighted by atomic mass is 9.98. The van der Waals surface area contributed by atoms with Crippen molar-refractivity contribution >= 4 is 5.91 Å². The van der Waals surface area contributed by atoms with Crippen molar-refractivity contribution in [3.8, 4) is 11.1 Å². The van der Waals surface area contributed by atoms with E-state index in [1.165, 1.54) is 18.2 Å². The van der Waals surface area contributed by atoms with E-state index in [4.69, 9.17) is 5.73 Å². The van der Waals surface area contributed by atoms with Crippen LogP contribution >= 0.6 is 0 Å². The average molecular weight is 289 g/mol. The topological polar surface area (TPSA) is 78.0 Å². The van der Waals surface area contributed by atoms with Gasteiger partial charge in [-0.1, -0.05) is 26.0 Å². The Labute approximate surface area is 121 Å². The molecule has 0 saturated carbocycles. The largest absolute Gasteiger partial charge is 0.368 e. The molecule has 2 aromatic rings. The molecule has 0 spiro atoms. The highest BCUT2D eigenvalue weighted by atomic mass is 19.1. The van der Waals surface area contributed by atoms with Gasteiger partial charge in [-0.05, 0) is 23.6 Å². The Balaban J connectivity index is 2.63. The molecule has 0 saturated heterocycles. The third-order valence-corrected chi connectivity index (χ3v) is 3.01. The molecule has 1 amide bonds. The number of nitrogens with two attached hydrogens (primary N) is 1. The molecule has 0 atom stereocenters. The molecule has 0 unspecified atom stereocenters. The quantitative estimate of drug-likeness (QED) is 0.929. The van der Waals surface area contributed by atoms with Crippen LogP contribution in [0.4, 0.5) is 4.39 Å². The number of rotatable bonds is 4. The van der Waals surface area contributed by atoms with Gasteiger partial charge in [-0.15, -0.1) is 0 Å². The maximum absolute atomic E-state index is 13.4. The Morgan fingerprint density at radius 2 is 2.10 bits per heavy atom. The third-order valence-electron chi connectivity index (χ3n) is 3.01. The summed E-state index contributed by atoms with van der Waals surface area (Å²) in [7, 11) is 0. The van der Waals surface area contributed by atoms with Crippen molar-refractivity contribution in [3.63, 3.8) is 0 Å². The lowest BCUT2D eigenvalue weighted by Gasteiger charge is -2.14. The maximum atomic E-state index is 13.4. The molecule has 0 aliphatic rings. The van der Waals surface area contributed by atoms with Gasteiger partial charge in [-0.2, -0.15) is 5.10 Å². The summed E-state index contributed by atoms with van der Waals surface area (Å²) in [6, 6.07) is 7.33. The molecule has 1 aromatic heterocycles. The maximum Gasteiger partial charge on any atom is 0.267 e. The van der Waals surface area contributed by atoms with E-state index in [9.17, 15) is 14.0 Å². The van der Waals surface area contributed by atoms with Gasteiger partial charge in [-0.25, -0.2) is 9.07 Å². The van der Waals surface area contributed by atoms with E-state index in [2.05, 4.69) is 5.10 Å². The molecule has 6 heteroatoms. The Morgan fingerprint density at radius 3 is 2.67 bits per heavy atom. The molecule has 0 aliphatic heterocycles. The van der Waals surface area contributed by atoms with Crippen LogP contribution in [0, 0.1) is 5.82 Å². The zero-order valence-electron chi connectivity index (χ0n) is 11.8. The van der Waals surface area contributed by atoms with Crippen molar-refractivity contribution < 1.29 is 9.18 Å². The number of halogens is 1. The number of nitrogens with zero attached hydrogens (tertiary/aromatic N) is 2. The molecule has 0 radical (unpaired) electrons. The van der Waals surface area contributed by atoms with E-state index in [0.29, 0.717) is 16.8 Å². The van der Waals surface area contributed by atoms with Gasteiger partial charge in [-0.3, -0.25) is 9.59 Å². The van der Waals surface area contributed by atoms with Crippen molar-refractivity contribution in [2.24, 2.45) is 5.73 Å². The van der Waals surface area contributed by atoms with E-state index in [-0.39, 0.29) is 18.3 Å². The summed E-state index contributed by atoms with van der Waals surface area (Å²) in [4.78, 5) is 23.0. The number of carbonyl (C=O) groups is 1. The number of primary amides is 1. The number of benzene rings is 1. The van der Waals surface area contributed by atoms with Gasteiger partial charge < -0.3 is 5.73 Å². The van der Waals surface area contributed by atoms with Crippen LogP contribution in [-0.2, 0) is 11.3 Å². The number of aromatic nitrogens is 2. The summed E-state index contributed by atoms with van der Waals surface area (Å²) >= 11 is 0. The first-order chi connectivity index (χ1) is 9.88. The first-order valence-corrected chi connectivity index (χ1v) is 6.54. The van der Waals surface area contributed by atoms with Crippen molar-refractivity contribution in [3.05, 3.63) is 52.2 Å². The number of carbonyl (C=O) groups excluding carboxylic acids is 1. The summed E-state index contributed by atoms with van der Waals surface area (Å²) in [6.45, 7) is 3.54. The normalized spacial score (nSPS) is 10.9. The molecule has 1 aromatic carbocycles. The van der Waals surface area contributed by atoms with Crippen molar-refractivity contribution in [2.45, 2.75) is 26.3 Å². The van der Waals surface area contributed by atoms with Crippen LogP contribution in [0.1, 0.15) is 25.5 Å². The van der Waals surface area contributed by atoms with Crippen molar-refractivity contribution in [1.29, 1.82) is 0 Å². The molecule has 2 rings (SSSR count). The molecule has 0 bridgehead atoms. The third kappa shape index (κ3) is 3.34. The highest BCUT2D eigenvalue weighted by Gasteiger charge is 2.15. The predicted molar refractivity (Wildman–Crippen MR) is 77.2 cm³/mol. The van der Waals surface area contributed by atoms with E-state index in [1.807, 2.05) is 13.8 Å². The minimum atomic E-state index is -0.641. The molecular formula is C15H16FN3O2. The standard InChI is InChI=1S/C15H16FN3O2/c1-9(2)15-12(10-4-3-5-11(16)6-10)7-14(21)19(18-15)8-13(17)20/h3-7,9H,8H2,1-2H3,(H2,17,20). The van der Waals surface area contributed by atoms with Crippen molar-refractivity contribution in [1.82, 2.24) is 9.78 Å². The smallest absolute Gasteiger partial charge is 0.267 e. The van der Waals surface area contributed by atoms with Gasteiger partial charge in [0.05, 0.1) is 5.69 Å². The van der Waals surface area contributed by atoms with Crippen molar-refractivity contribution in [2.75, 3.05) is 0 Å². The molecule has 5 nitrogen and oxygen atoms in total. The van der Waals surface area contributed by atoms with Gasteiger partial charge in [0, 0.05) is 11.6 Å². The monoisotopic (exact) mass is 289 g/mol. The van der Waals surface area contributed by atoms with Crippen LogP contribution in [0.2, 0.25) is 0 Å². The summed E-state index contributed by atoms with van der Waals surface area (Å²) < 4.78 is 14.4. The zero-order chi connectivity index (χ0) is 15.6. The predicted octanol–water partition coefficient (Wildman–Crippen LogP) is 1.66. The van der Waals surface area contributed by atoms with Gasteiger partial charge in [0.15, 0.2) is 0 Å². The van der Waals surface area contributed by atoms with Crippen LogP contribution in [0.25, 0.3) is 11.1 Å². The molecule has 1 heterocycles. The molecular weight excluding hydrogens is 273 g/mol. The fourth-order valence-corrected chi connectivity index (χ4v) is 2.08. The fourth-order valence-electron chi connectivity index (χ4n) is 2.08. The Bertz CT molecular complexity index is 738. The Kier molecular flexibility index (Phi) is 4.16. The SMILES string of the molecule is CC(C)c1nn(CC(N)=O)c(=O)cc1-c1cccc(F)c1. The van der Waals surface area contributed by atoms with Crippen LogP contribution in [0.5, 0.6) is 0 Å². The second-order valence-corrected chi connectivity index (χ2v) is 5.07. The Hall–Kier alpha value is -2.50. The van der Waals surface area contributed by atoms with Gasteiger partial charge in [0.1, 0.15) is 12.4 Å². The lowest BCUT2D eigenvalue weighted by molar-refractivity contribution is -0.118. The van der Waals surface area contributed by atoms with Crippen LogP contribution in [-0.4, -0.2) is 15.7 Å². The summed E-state index contributed by atoms with van der Waals surface area (Å²) in [5.41, 5.74) is 6.41. The van der Waals surface area contributed by atoms with Gasteiger partial charge in [0.25, 0.3) is 5.56 Å². The highest BCUT2D eigenvalue weighted by Crippen LogP contribution is 2.26. The Morgan fingerprint density at radius 1 is 1.38 bits per heavy atom. The zero-order valence-corrected chi connectivity index (χ0v) is 11.8.